The Balaban J connectivity index is 2.34. The summed E-state index contributed by atoms with van der Waals surface area (Å²) in [5.74, 6) is 0.710. The highest BCUT2D eigenvalue weighted by molar-refractivity contribution is 5.99. The van der Waals surface area contributed by atoms with Crippen molar-refractivity contribution in [2.24, 2.45) is 0 Å². The maximum absolute atomic E-state index is 12.0. The number of aryl methyl sites for hydroxylation is 1. The molecule has 2 rings (SSSR count). The number of hydrogen-bond acceptors (Lipinski definition) is 5. The number of hydrogen-bond donors (Lipinski definition) is 1. The van der Waals surface area contributed by atoms with Gasteiger partial charge in [-0.25, -0.2) is 9.48 Å². The maximum atomic E-state index is 12.0. The number of piperidine rings is 1. The second kappa shape index (κ2) is 6.63. The molecule has 0 radical (unpaired) electrons. The normalized spacial score (nSPS) is 15.4. The summed E-state index contributed by atoms with van der Waals surface area (Å²) in [5, 5.41) is 4.56. The lowest BCUT2D eigenvalue weighted by Crippen LogP contribution is -2.31. The highest BCUT2D eigenvalue weighted by Crippen LogP contribution is 2.28. The van der Waals surface area contributed by atoms with Crippen molar-refractivity contribution in [1.29, 1.82) is 0 Å². The van der Waals surface area contributed by atoms with Crippen molar-refractivity contribution in [2.75, 3.05) is 30.8 Å². The van der Waals surface area contributed by atoms with E-state index in [4.69, 9.17) is 10.5 Å². The van der Waals surface area contributed by atoms with Crippen LogP contribution in [0.1, 0.15) is 49.4 Å². The maximum Gasteiger partial charge on any atom is 0.345 e. The summed E-state index contributed by atoms with van der Waals surface area (Å²) in [6, 6.07) is 0. The lowest BCUT2D eigenvalue weighted by molar-refractivity contribution is 0.0602. The summed E-state index contributed by atoms with van der Waals surface area (Å²) >= 11 is 0. The summed E-state index contributed by atoms with van der Waals surface area (Å²) in [7, 11) is 1.38. The van der Waals surface area contributed by atoms with Crippen LogP contribution in [0.4, 0.5) is 11.6 Å². The zero-order valence-electron chi connectivity index (χ0n) is 12.4. The molecular weight excluding hydrogens is 256 g/mol. The van der Waals surface area contributed by atoms with Gasteiger partial charge in [0.05, 0.1) is 7.11 Å². The number of carbonyl (C=O) groups is 1. The van der Waals surface area contributed by atoms with E-state index in [1.807, 2.05) is 0 Å². The second-order valence-corrected chi connectivity index (χ2v) is 5.20. The van der Waals surface area contributed by atoms with E-state index in [9.17, 15) is 4.79 Å². The Labute approximate surface area is 119 Å². The molecule has 1 fully saturated rings. The van der Waals surface area contributed by atoms with Crippen molar-refractivity contribution in [1.82, 2.24) is 9.78 Å². The smallest absolute Gasteiger partial charge is 0.345 e. The molecule has 1 aliphatic heterocycles. The van der Waals surface area contributed by atoms with Gasteiger partial charge < -0.3 is 15.4 Å². The highest BCUT2D eigenvalue weighted by Gasteiger charge is 2.27. The molecule has 1 aliphatic rings. The van der Waals surface area contributed by atoms with Gasteiger partial charge >= 0.3 is 5.97 Å². The Morgan fingerprint density at radius 3 is 2.65 bits per heavy atom. The van der Waals surface area contributed by atoms with E-state index in [0.717, 1.165) is 45.3 Å². The van der Waals surface area contributed by atoms with Gasteiger partial charge in [-0.15, -0.1) is 0 Å². The fourth-order valence-electron chi connectivity index (χ4n) is 2.57. The number of aromatic nitrogens is 2. The predicted molar refractivity (Wildman–Crippen MR) is 79.0 cm³/mol. The Morgan fingerprint density at radius 2 is 2.05 bits per heavy atom. The molecule has 0 bridgehead atoms. The van der Waals surface area contributed by atoms with Crippen molar-refractivity contribution >= 4 is 17.6 Å². The van der Waals surface area contributed by atoms with E-state index >= 15 is 0 Å². The molecule has 0 spiro atoms. The van der Waals surface area contributed by atoms with E-state index in [1.54, 1.807) is 4.68 Å². The third-order valence-corrected chi connectivity index (χ3v) is 3.74. The van der Waals surface area contributed by atoms with Crippen LogP contribution < -0.4 is 10.6 Å². The Morgan fingerprint density at radius 1 is 1.35 bits per heavy atom. The summed E-state index contributed by atoms with van der Waals surface area (Å²) in [6.45, 7) is 4.70. The third-order valence-electron chi connectivity index (χ3n) is 3.74. The van der Waals surface area contributed by atoms with Crippen LogP contribution >= 0.6 is 0 Å². The zero-order chi connectivity index (χ0) is 14.5. The molecule has 6 heteroatoms. The second-order valence-electron chi connectivity index (χ2n) is 5.20. The number of methoxy groups -OCH3 is 1. The van der Waals surface area contributed by atoms with Crippen LogP contribution in [0.25, 0.3) is 0 Å². The standard InChI is InChI=1S/C14H24N4O2/c1-3-4-10-18-12(15)11(14(19)20-2)13(16-18)17-8-6-5-7-9-17/h3-10,15H2,1-2H3. The zero-order valence-corrected chi connectivity index (χ0v) is 12.4. The molecule has 0 amide bonds. The molecule has 1 aromatic heterocycles. The lowest BCUT2D eigenvalue weighted by Gasteiger charge is -2.27. The number of anilines is 2. The highest BCUT2D eigenvalue weighted by atomic mass is 16.5. The molecule has 0 aliphatic carbocycles. The predicted octanol–water partition coefficient (Wildman–Crippen LogP) is 2.04. The van der Waals surface area contributed by atoms with Crippen LogP contribution in [0, 0.1) is 0 Å². The van der Waals surface area contributed by atoms with E-state index in [2.05, 4.69) is 16.9 Å². The summed E-state index contributed by atoms with van der Waals surface area (Å²) in [5.41, 5.74) is 6.52. The van der Waals surface area contributed by atoms with Crippen molar-refractivity contribution in [3.63, 3.8) is 0 Å². The fraction of sp³-hybridized carbons (Fsp3) is 0.714. The van der Waals surface area contributed by atoms with Crippen LogP contribution in [-0.2, 0) is 11.3 Å². The first-order valence-corrected chi connectivity index (χ1v) is 7.38. The Bertz CT molecular complexity index is 464. The van der Waals surface area contributed by atoms with Crippen molar-refractivity contribution in [3.05, 3.63) is 5.56 Å². The first kappa shape index (κ1) is 14.7. The number of rotatable bonds is 5. The number of carbonyl (C=O) groups excluding carboxylic acids is 1. The molecule has 1 saturated heterocycles. The largest absolute Gasteiger partial charge is 0.465 e. The van der Waals surface area contributed by atoms with E-state index in [1.165, 1.54) is 13.5 Å². The van der Waals surface area contributed by atoms with Gasteiger partial charge in [-0.2, -0.15) is 5.10 Å². The lowest BCUT2D eigenvalue weighted by atomic mass is 10.1. The van der Waals surface area contributed by atoms with Crippen LogP contribution in [0.3, 0.4) is 0 Å². The van der Waals surface area contributed by atoms with Gasteiger partial charge in [0.1, 0.15) is 11.4 Å². The van der Waals surface area contributed by atoms with Crippen LogP contribution in [0.2, 0.25) is 0 Å². The number of esters is 1. The SMILES string of the molecule is CCCCn1nc(N2CCCCC2)c(C(=O)OC)c1N. The minimum atomic E-state index is -0.397. The topological polar surface area (TPSA) is 73.4 Å². The van der Waals surface area contributed by atoms with Gasteiger partial charge in [-0.1, -0.05) is 13.3 Å². The number of nitrogen functional groups attached to an aromatic ring is 1. The quantitative estimate of drug-likeness (QED) is 0.836. The van der Waals surface area contributed by atoms with Crippen LogP contribution in [0.15, 0.2) is 0 Å². The molecule has 1 aromatic rings. The minimum Gasteiger partial charge on any atom is -0.465 e. The summed E-state index contributed by atoms with van der Waals surface area (Å²) in [6.07, 6.45) is 5.54. The van der Waals surface area contributed by atoms with Crippen molar-refractivity contribution in [2.45, 2.75) is 45.6 Å². The van der Waals surface area contributed by atoms with Gasteiger partial charge in [0.25, 0.3) is 0 Å². The molecule has 20 heavy (non-hydrogen) atoms. The number of ether oxygens (including phenoxy) is 1. The Kier molecular flexibility index (Phi) is 4.87. The molecule has 112 valence electrons. The van der Waals surface area contributed by atoms with Gasteiger partial charge in [-0.05, 0) is 25.7 Å². The van der Waals surface area contributed by atoms with Crippen LogP contribution in [0.5, 0.6) is 0 Å². The van der Waals surface area contributed by atoms with Crippen molar-refractivity contribution < 1.29 is 9.53 Å². The van der Waals surface area contributed by atoms with Gasteiger partial charge in [0.15, 0.2) is 5.82 Å². The van der Waals surface area contributed by atoms with Gasteiger partial charge in [-0.3, -0.25) is 0 Å². The average Bonchev–Trinajstić information content (AvgIpc) is 2.82. The number of unbranched alkanes of at least 4 members (excludes halogenated alkanes) is 1. The van der Waals surface area contributed by atoms with E-state index < -0.39 is 5.97 Å². The summed E-state index contributed by atoms with van der Waals surface area (Å²) < 4.78 is 6.60. The molecule has 0 unspecified atom stereocenters. The first-order chi connectivity index (χ1) is 9.69. The molecule has 2 heterocycles. The monoisotopic (exact) mass is 280 g/mol. The molecular formula is C14H24N4O2. The molecule has 0 saturated carbocycles. The molecule has 2 N–H and O–H groups in total. The molecule has 0 atom stereocenters. The van der Waals surface area contributed by atoms with Crippen LogP contribution in [-0.4, -0.2) is 35.9 Å². The number of nitrogens with two attached hydrogens (primary N) is 1. The van der Waals surface area contributed by atoms with Gasteiger partial charge in [0.2, 0.25) is 0 Å². The van der Waals surface area contributed by atoms with Gasteiger partial charge in [0, 0.05) is 19.6 Å². The van der Waals surface area contributed by atoms with E-state index in [-0.39, 0.29) is 0 Å². The number of nitrogens with zero attached hydrogens (tertiary/aromatic N) is 3. The minimum absolute atomic E-state index is 0.397. The molecule has 6 nitrogen and oxygen atoms in total. The fourth-order valence-corrected chi connectivity index (χ4v) is 2.57. The first-order valence-electron chi connectivity index (χ1n) is 7.38. The van der Waals surface area contributed by atoms with E-state index in [0.29, 0.717) is 17.2 Å². The average molecular weight is 280 g/mol. The molecule has 0 aromatic carbocycles. The van der Waals surface area contributed by atoms with Crippen molar-refractivity contribution in [3.8, 4) is 0 Å². The summed E-state index contributed by atoms with van der Waals surface area (Å²) in [4.78, 5) is 14.2. The Hall–Kier alpha value is -1.72. The third kappa shape index (κ3) is 2.89.